The van der Waals surface area contributed by atoms with Crippen LogP contribution in [0.4, 0.5) is 5.69 Å². The third-order valence-corrected chi connectivity index (χ3v) is 4.48. The number of para-hydroxylation sites is 1. The van der Waals surface area contributed by atoms with Crippen LogP contribution in [-0.4, -0.2) is 23.5 Å². The van der Waals surface area contributed by atoms with Crippen LogP contribution in [0.2, 0.25) is 0 Å². The van der Waals surface area contributed by atoms with Crippen LogP contribution in [0.15, 0.2) is 79.0 Å². The van der Waals surface area contributed by atoms with Gasteiger partial charge < -0.3 is 10.1 Å². The number of benzene rings is 3. The van der Waals surface area contributed by atoms with Crippen molar-refractivity contribution in [3.05, 3.63) is 84.6 Å². The Hall–Kier alpha value is -3.73. The zero-order chi connectivity index (χ0) is 19.3. The lowest BCUT2D eigenvalue weighted by Crippen LogP contribution is -2.21. The summed E-state index contributed by atoms with van der Waals surface area (Å²) in [6.07, 6.45) is 1.75. The topological polar surface area (TPSA) is 68.3 Å². The second kappa shape index (κ2) is 7.88. The lowest BCUT2D eigenvalue weighted by atomic mass is 10.1. The van der Waals surface area contributed by atoms with Crippen molar-refractivity contribution in [3.63, 3.8) is 0 Å². The van der Waals surface area contributed by atoms with Gasteiger partial charge in [0.25, 0.3) is 5.91 Å². The third-order valence-electron chi connectivity index (χ3n) is 4.48. The van der Waals surface area contributed by atoms with E-state index in [1.54, 1.807) is 6.20 Å². The van der Waals surface area contributed by atoms with E-state index in [2.05, 4.69) is 10.3 Å². The molecule has 0 bridgehead atoms. The van der Waals surface area contributed by atoms with Gasteiger partial charge in [-0.15, -0.1) is 0 Å². The molecule has 28 heavy (non-hydrogen) atoms. The number of esters is 1. The molecule has 4 aromatic rings. The first-order valence-electron chi connectivity index (χ1n) is 8.96. The van der Waals surface area contributed by atoms with Crippen molar-refractivity contribution in [2.75, 3.05) is 11.9 Å². The minimum Gasteiger partial charge on any atom is -0.455 e. The first-order chi connectivity index (χ1) is 13.7. The maximum absolute atomic E-state index is 12.2. The number of hydrogen-bond acceptors (Lipinski definition) is 4. The molecule has 5 heteroatoms. The van der Waals surface area contributed by atoms with Crippen molar-refractivity contribution in [3.8, 4) is 0 Å². The second-order valence-corrected chi connectivity index (χ2v) is 6.40. The standard InChI is InChI=1S/C23H18N2O3/c26-21(25-20-12-4-7-16-6-1-2-11-19(16)20)15-28-22(27)14-18-9-3-8-17-10-5-13-24-23(17)18/h1-13H,14-15H2,(H,25,26). The first-order valence-corrected chi connectivity index (χ1v) is 8.96. The summed E-state index contributed by atoms with van der Waals surface area (Å²) in [6.45, 7) is -0.333. The van der Waals surface area contributed by atoms with Gasteiger partial charge >= 0.3 is 5.97 Å². The van der Waals surface area contributed by atoms with Crippen LogP contribution in [0.5, 0.6) is 0 Å². The maximum Gasteiger partial charge on any atom is 0.310 e. The van der Waals surface area contributed by atoms with Gasteiger partial charge in [0.15, 0.2) is 6.61 Å². The van der Waals surface area contributed by atoms with E-state index in [1.165, 1.54) is 0 Å². The molecule has 0 saturated carbocycles. The zero-order valence-electron chi connectivity index (χ0n) is 15.1. The third kappa shape index (κ3) is 3.83. The number of nitrogens with one attached hydrogen (secondary N) is 1. The van der Waals surface area contributed by atoms with Crippen LogP contribution in [0, 0.1) is 0 Å². The summed E-state index contributed by atoms with van der Waals surface area (Å²) < 4.78 is 5.16. The van der Waals surface area contributed by atoms with Crippen molar-refractivity contribution in [1.82, 2.24) is 4.98 Å². The number of carbonyl (C=O) groups is 2. The van der Waals surface area contributed by atoms with Gasteiger partial charge in [-0.25, -0.2) is 0 Å². The van der Waals surface area contributed by atoms with Crippen molar-refractivity contribution < 1.29 is 14.3 Å². The van der Waals surface area contributed by atoms with Crippen LogP contribution in [0.1, 0.15) is 5.56 Å². The molecular weight excluding hydrogens is 352 g/mol. The van der Waals surface area contributed by atoms with Crippen LogP contribution >= 0.6 is 0 Å². The van der Waals surface area contributed by atoms with E-state index in [4.69, 9.17) is 4.74 Å². The Morgan fingerprint density at radius 3 is 2.54 bits per heavy atom. The average Bonchev–Trinajstić information content (AvgIpc) is 2.73. The summed E-state index contributed by atoms with van der Waals surface area (Å²) in [4.78, 5) is 28.7. The Kier molecular flexibility index (Phi) is 4.97. The zero-order valence-corrected chi connectivity index (χ0v) is 15.1. The number of hydrogen-bond donors (Lipinski definition) is 1. The largest absolute Gasteiger partial charge is 0.455 e. The minimum atomic E-state index is -0.466. The summed E-state index contributed by atoms with van der Waals surface area (Å²) >= 11 is 0. The van der Waals surface area contributed by atoms with Crippen molar-refractivity contribution in [1.29, 1.82) is 0 Å². The van der Waals surface area contributed by atoms with Crippen molar-refractivity contribution in [2.45, 2.75) is 6.42 Å². The number of rotatable bonds is 5. The summed E-state index contributed by atoms with van der Waals surface area (Å²) in [7, 11) is 0. The Morgan fingerprint density at radius 1 is 0.857 bits per heavy atom. The van der Waals surface area contributed by atoms with Gasteiger partial charge in [0.1, 0.15) is 0 Å². The Bertz CT molecular complexity index is 1070. The fourth-order valence-electron chi connectivity index (χ4n) is 3.18. The van der Waals surface area contributed by atoms with E-state index < -0.39 is 5.97 Å². The van der Waals surface area contributed by atoms with Gasteiger partial charge in [0.05, 0.1) is 11.9 Å². The highest BCUT2D eigenvalue weighted by atomic mass is 16.5. The lowest BCUT2D eigenvalue weighted by molar-refractivity contribution is -0.146. The van der Waals surface area contributed by atoms with E-state index in [0.29, 0.717) is 5.69 Å². The van der Waals surface area contributed by atoms with E-state index in [1.807, 2.05) is 72.8 Å². The van der Waals surface area contributed by atoms with Crippen molar-refractivity contribution >= 4 is 39.2 Å². The average molecular weight is 370 g/mol. The van der Waals surface area contributed by atoms with Gasteiger partial charge in [0.2, 0.25) is 0 Å². The predicted molar refractivity (Wildman–Crippen MR) is 109 cm³/mol. The summed E-state index contributed by atoms with van der Waals surface area (Å²) in [5.41, 5.74) is 2.23. The number of ether oxygens (including phenoxy) is 1. The molecule has 4 rings (SSSR count). The highest BCUT2D eigenvalue weighted by Gasteiger charge is 2.12. The molecule has 1 heterocycles. The monoisotopic (exact) mass is 370 g/mol. The molecule has 3 aromatic carbocycles. The number of aromatic nitrogens is 1. The molecule has 0 atom stereocenters. The molecule has 0 aliphatic heterocycles. The molecule has 1 N–H and O–H groups in total. The highest BCUT2D eigenvalue weighted by molar-refractivity contribution is 6.02. The van der Waals surface area contributed by atoms with Gasteiger partial charge in [-0.1, -0.05) is 60.7 Å². The molecule has 0 unspecified atom stereocenters. The summed E-state index contributed by atoms with van der Waals surface area (Å²) in [6, 6.07) is 22.9. The molecule has 1 aromatic heterocycles. The SMILES string of the molecule is O=C(COC(=O)Cc1cccc2cccnc12)Nc1cccc2ccccc12. The smallest absolute Gasteiger partial charge is 0.310 e. The van der Waals surface area contributed by atoms with Gasteiger partial charge in [-0.05, 0) is 23.1 Å². The molecule has 5 nitrogen and oxygen atoms in total. The fourth-order valence-corrected chi connectivity index (χ4v) is 3.18. The molecule has 0 saturated heterocycles. The van der Waals surface area contributed by atoms with Crippen LogP contribution in [0.3, 0.4) is 0 Å². The molecule has 0 aliphatic carbocycles. The van der Waals surface area contributed by atoms with Crippen LogP contribution in [0.25, 0.3) is 21.7 Å². The normalized spacial score (nSPS) is 10.7. The molecule has 0 spiro atoms. The van der Waals surface area contributed by atoms with Gasteiger partial charge in [-0.3, -0.25) is 14.6 Å². The number of amides is 1. The molecule has 1 amide bonds. The summed E-state index contributed by atoms with van der Waals surface area (Å²) in [5, 5.41) is 5.73. The lowest BCUT2D eigenvalue weighted by Gasteiger charge is -2.10. The second-order valence-electron chi connectivity index (χ2n) is 6.40. The van der Waals surface area contributed by atoms with Gasteiger partial charge in [0, 0.05) is 22.7 Å². The quantitative estimate of drug-likeness (QED) is 0.537. The van der Waals surface area contributed by atoms with Gasteiger partial charge in [-0.2, -0.15) is 0 Å². The number of anilines is 1. The van der Waals surface area contributed by atoms with E-state index >= 15 is 0 Å². The molecule has 0 fully saturated rings. The molecular formula is C23H18N2O3. The Morgan fingerprint density at radius 2 is 1.61 bits per heavy atom. The summed E-state index contributed by atoms with van der Waals surface area (Å²) in [5.74, 6) is -0.841. The van der Waals surface area contributed by atoms with Crippen LogP contribution in [-0.2, 0) is 20.7 Å². The minimum absolute atomic E-state index is 0.0654. The predicted octanol–water partition coefficient (Wildman–Crippen LogP) is 4.11. The van der Waals surface area contributed by atoms with E-state index in [9.17, 15) is 9.59 Å². The number of nitrogens with zero attached hydrogens (tertiary/aromatic N) is 1. The Balaban J connectivity index is 1.38. The molecule has 0 aliphatic rings. The first kappa shape index (κ1) is 17.7. The number of carbonyl (C=O) groups excluding carboxylic acids is 2. The maximum atomic E-state index is 12.2. The van der Waals surface area contributed by atoms with Crippen molar-refractivity contribution in [2.24, 2.45) is 0 Å². The molecule has 138 valence electrons. The van der Waals surface area contributed by atoms with E-state index in [-0.39, 0.29) is 18.9 Å². The fraction of sp³-hybridized carbons (Fsp3) is 0.0870. The van der Waals surface area contributed by atoms with E-state index in [0.717, 1.165) is 27.2 Å². The Labute approximate surface area is 162 Å². The number of fused-ring (bicyclic) bond motifs is 2. The van der Waals surface area contributed by atoms with Crippen LogP contribution < -0.4 is 5.32 Å². The molecule has 0 radical (unpaired) electrons. The highest BCUT2D eigenvalue weighted by Crippen LogP contribution is 2.23. The number of pyridine rings is 1.